The van der Waals surface area contributed by atoms with Gasteiger partial charge < -0.3 is 19.6 Å². The molecule has 7 rings (SSSR count). The minimum absolute atomic E-state index is 0.474. The van der Waals surface area contributed by atoms with Crippen LogP contribution in [0, 0.1) is 0 Å². The Morgan fingerprint density at radius 2 is 0.667 bits per heavy atom. The van der Waals surface area contributed by atoms with E-state index in [1.54, 1.807) is 12.4 Å². The Labute approximate surface area is 283 Å². The van der Waals surface area contributed by atoms with Gasteiger partial charge in [-0.25, -0.2) is 10.9 Å². The van der Waals surface area contributed by atoms with E-state index in [1.165, 1.54) is 77.0 Å². The molecule has 0 atom stereocenters. The summed E-state index contributed by atoms with van der Waals surface area (Å²) in [6.45, 7) is 7.83. The zero-order valence-corrected chi connectivity index (χ0v) is 28.0. The summed E-state index contributed by atoms with van der Waals surface area (Å²) < 4.78 is 0. The van der Waals surface area contributed by atoms with Crippen molar-refractivity contribution in [3.05, 3.63) is 35.4 Å². The Morgan fingerprint density at radius 1 is 0.396 bits per heavy atom. The number of hydrogen-bond donors (Lipinski definition) is 2. The highest BCUT2D eigenvalue weighted by Gasteiger charge is 2.22. The molecule has 0 aliphatic carbocycles. The summed E-state index contributed by atoms with van der Waals surface area (Å²) in [5, 5.41) is 8.94. The largest absolute Gasteiger partial charge is 0.341 e. The molecule has 0 saturated carbocycles. The summed E-state index contributed by atoms with van der Waals surface area (Å²) in [4.78, 5) is 37.7. The maximum atomic E-state index is 4.86. The van der Waals surface area contributed by atoms with Gasteiger partial charge in [-0.15, -0.1) is 0 Å². The molecule has 254 valence electrons. The van der Waals surface area contributed by atoms with E-state index < -0.39 is 0 Å². The number of hydrazone groups is 2. The van der Waals surface area contributed by atoms with Gasteiger partial charge in [-0.1, -0.05) is 24.3 Å². The zero-order valence-electron chi connectivity index (χ0n) is 28.0. The SMILES string of the molecule is C(=NNc1nc(N2CCCCC2)nc(N2CCCCC2)n1)c1ccc(C=NNc2nc(N3CCCCC3)nc(N3CCCCC3)n2)cc1. The highest BCUT2D eigenvalue weighted by atomic mass is 15.4. The van der Waals surface area contributed by atoms with Crippen molar-refractivity contribution in [3.8, 4) is 0 Å². The van der Waals surface area contributed by atoms with Crippen molar-refractivity contribution in [1.82, 2.24) is 29.9 Å². The van der Waals surface area contributed by atoms with Crippen molar-refractivity contribution in [2.45, 2.75) is 77.0 Å². The highest BCUT2D eigenvalue weighted by molar-refractivity contribution is 5.84. The van der Waals surface area contributed by atoms with Gasteiger partial charge in [0.25, 0.3) is 0 Å². The van der Waals surface area contributed by atoms with Crippen LogP contribution < -0.4 is 30.5 Å². The van der Waals surface area contributed by atoms with Gasteiger partial charge in [0.15, 0.2) is 0 Å². The van der Waals surface area contributed by atoms with Gasteiger partial charge >= 0.3 is 0 Å². The fraction of sp³-hybridized carbons (Fsp3) is 0.588. The monoisotopic (exact) mass is 652 g/mol. The van der Waals surface area contributed by atoms with Crippen molar-refractivity contribution < 1.29 is 0 Å². The predicted octanol–water partition coefficient (Wildman–Crippen LogP) is 4.91. The molecular weight excluding hydrogens is 604 g/mol. The average Bonchev–Trinajstić information content (AvgIpc) is 3.17. The molecule has 2 aromatic heterocycles. The molecule has 1 aromatic carbocycles. The number of nitrogens with zero attached hydrogens (tertiary/aromatic N) is 12. The summed E-state index contributed by atoms with van der Waals surface area (Å²) in [6.07, 6.45) is 17.9. The van der Waals surface area contributed by atoms with Crippen LogP contribution in [0.3, 0.4) is 0 Å². The van der Waals surface area contributed by atoms with E-state index in [1.807, 2.05) is 24.3 Å². The van der Waals surface area contributed by atoms with Crippen molar-refractivity contribution in [3.63, 3.8) is 0 Å². The van der Waals surface area contributed by atoms with Gasteiger partial charge in [-0.2, -0.15) is 40.1 Å². The molecule has 3 aromatic rings. The third-order valence-electron chi connectivity index (χ3n) is 9.47. The molecule has 0 radical (unpaired) electrons. The molecule has 0 spiro atoms. The van der Waals surface area contributed by atoms with Crippen LogP contribution in [0.15, 0.2) is 34.5 Å². The van der Waals surface area contributed by atoms with Gasteiger partial charge in [0.05, 0.1) is 12.4 Å². The van der Waals surface area contributed by atoms with E-state index in [0.29, 0.717) is 11.9 Å². The fourth-order valence-electron chi connectivity index (χ4n) is 6.75. The third kappa shape index (κ3) is 8.45. The Bertz CT molecular complexity index is 1330. The fourth-order valence-corrected chi connectivity index (χ4v) is 6.75. The average molecular weight is 653 g/mol. The van der Waals surface area contributed by atoms with Crippen molar-refractivity contribution in [2.24, 2.45) is 10.2 Å². The lowest BCUT2D eigenvalue weighted by atomic mass is 10.1. The molecule has 14 heteroatoms. The van der Waals surface area contributed by atoms with Crippen LogP contribution in [0.4, 0.5) is 35.7 Å². The summed E-state index contributed by atoms with van der Waals surface area (Å²) >= 11 is 0. The van der Waals surface area contributed by atoms with Crippen LogP contribution in [-0.2, 0) is 0 Å². The number of nitrogens with one attached hydrogen (secondary N) is 2. The van der Waals surface area contributed by atoms with E-state index in [0.717, 1.165) is 87.3 Å². The molecule has 0 bridgehead atoms. The van der Waals surface area contributed by atoms with Gasteiger partial charge in [-0.3, -0.25) is 0 Å². The lowest BCUT2D eigenvalue weighted by Crippen LogP contribution is -2.34. The second-order valence-electron chi connectivity index (χ2n) is 13.1. The van der Waals surface area contributed by atoms with Crippen LogP contribution >= 0.6 is 0 Å². The standard InChI is InChI=1S/C34H48N14/c1-5-17-45(18-6-1)31-37-29(38-32(41-31)46-19-7-2-8-20-46)43-35-25-27-13-15-28(16-14-27)26-36-44-30-39-33(47-21-9-3-10-22-47)42-34(40-30)48-23-11-4-12-24-48/h13-16,25-26H,1-12,17-24H2,(H,37,38,41,43)(H,39,40,42,44). The number of hydrogen-bond acceptors (Lipinski definition) is 14. The first-order chi connectivity index (χ1) is 23.8. The molecule has 4 fully saturated rings. The van der Waals surface area contributed by atoms with Crippen LogP contribution in [0.25, 0.3) is 0 Å². The van der Waals surface area contributed by atoms with E-state index >= 15 is 0 Å². The molecule has 0 amide bonds. The first-order valence-corrected chi connectivity index (χ1v) is 18.0. The highest BCUT2D eigenvalue weighted by Crippen LogP contribution is 2.24. The maximum absolute atomic E-state index is 4.86. The van der Waals surface area contributed by atoms with Crippen molar-refractivity contribution >= 4 is 48.1 Å². The van der Waals surface area contributed by atoms with Crippen molar-refractivity contribution in [1.29, 1.82) is 0 Å². The summed E-state index contributed by atoms with van der Waals surface area (Å²) in [6, 6.07) is 8.02. The second-order valence-corrected chi connectivity index (χ2v) is 13.1. The smallest absolute Gasteiger partial charge is 0.250 e. The Kier molecular flexibility index (Phi) is 10.6. The molecule has 4 saturated heterocycles. The summed E-state index contributed by atoms with van der Waals surface area (Å²) in [5.74, 6) is 3.90. The summed E-state index contributed by atoms with van der Waals surface area (Å²) in [5.41, 5.74) is 8.03. The Balaban J connectivity index is 0.989. The van der Waals surface area contributed by atoms with E-state index in [-0.39, 0.29) is 0 Å². The maximum Gasteiger partial charge on any atom is 0.250 e. The minimum atomic E-state index is 0.474. The van der Waals surface area contributed by atoms with Crippen LogP contribution in [0.2, 0.25) is 0 Å². The Hall–Kier alpha value is -4.62. The van der Waals surface area contributed by atoms with Gasteiger partial charge in [0.1, 0.15) is 0 Å². The quantitative estimate of drug-likeness (QED) is 0.227. The lowest BCUT2D eigenvalue weighted by Gasteiger charge is -2.30. The van der Waals surface area contributed by atoms with Crippen LogP contribution in [0.5, 0.6) is 0 Å². The van der Waals surface area contributed by atoms with E-state index in [2.05, 4.69) is 40.7 Å². The van der Waals surface area contributed by atoms with Crippen LogP contribution in [-0.4, -0.2) is 94.7 Å². The number of aromatic nitrogens is 6. The third-order valence-corrected chi connectivity index (χ3v) is 9.47. The van der Waals surface area contributed by atoms with Crippen LogP contribution in [0.1, 0.15) is 88.2 Å². The van der Waals surface area contributed by atoms with Gasteiger partial charge in [-0.05, 0) is 88.2 Å². The molecule has 14 nitrogen and oxygen atoms in total. The van der Waals surface area contributed by atoms with Gasteiger partial charge in [0, 0.05) is 52.4 Å². The lowest BCUT2D eigenvalue weighted by molar-refractivity contribution is 0.556. The molecule has 2 N–H and O–H groups in total. The number of piperidine rings is 4. The molecule has 4 aliphatic heterocycles. The number of rotatable bonds is 10. The predicted molar refractivity (Wildman–Crippen MR) is 193 cm³/mol. The minimum Gasteiger partial charge on any atom is -0.341 e. The zero-order chi connectivity index (χ0) is 32.4. The number of benzene rings is 1. The molecule has 4 aliphatic rings. The van der Waals surface area contributed by atoms with Gasteiger partial charge in [0.2, 0.25) is 35.7 Å². The normalized spacial score (nSPS) is 19.3. The second kappa shape index (κ2) is 16.0. The molecule has 0 unspecified atom stereocenters. The Morgan fingerprint density at radius 3 is 0.938 bits per heavy atom. The molecular formula is C34H48N14. The molecule has 48 heavy (non-hydrogen) atoms. The first kappa shape index (κ1) is 32.0. The number of anilines is 6. The topological polar surface area (TPSA) is 139 Å². The first-order valence-electron chi connectivity index (χ1n) is 18.0. The summed E-state index contributed by atoms with van der Waals surface area (Å²) in [7, 11) is 0. The van der Waals surface area contributed by atoms with Crippen molar-refractivity contribution in [2.75, 3.05) is 82.8 Å². The van der Waals surface area contributed by atoms with E-state index in [4.69, 9.17) is 29.9 Å². The van der Waals surface area contributed by atoms with E-state index in [9.17, 15) is 0 Å². The molecule has 6 heterocycles.